The molecule has 0 N–H and O–H groups in total. The highest BCUT2D eigenvalue weighted by atomic mass is 16.1. The molecular weight excluding hydrogens is 232 g/mol. The van der Waals surface area contributed by atoms with Crippen molar-refractivity contribution in [3.05, 3.63) is 59.2 Å². The van der Waals surface area contributed by atoms with Crippen LogP contribution < -0.4 is 0 Å². The first-order valence-corrected chi connectivity index (χ1v) is 6.98. The Morgan fingerprint density at radius 1 is 0.895 bits per heavy atom. The van der Waals surface area contributed by atoms with Gasteiger partial charge in [0.05, 0.1) is 0 Å². The molecule has 0 bridgehead atoms. The largest absolute Gasteiger partial charge is 0.295 e. The first kappa shape index (κ1) is 12.2. The highest BCUT2D eigenvalue weighted by Crippen LogP contribution is 2.32. The summed E-state index contributed by atoms with van der Waals surface area (Å²) in [6.45, 7) is 1.64. The number of Topliss-reactive ketones (excluding diaryl/α,β-unsaturated/α-hetero) is 1. The van der Waals surface area contributed by atoms with Crippen molar-refractivity contribution in [3.63, 3.8) is 0 Å². The molecule has 96 valence electrons. The van der Waals surface area contributed by atoms with Gasteiger partial charge < -0.3 is 0 Å². The van der Waals surface area contributed by atoms with E-state index in [2.05, 4.69) is 36.4 Å². The molecule has 0 heterocycles. The number of hydrogen-bond acceptors (Lipinski definition) is 1. The molecule has 2 aromatic carbocycles. The summed E-state index contributed by atoms with van der Waals surface area (Å²) in [5.74, 6) is 0.151. The van der Waals surface area contributed by atoms with Crippen LogP contribution in [0.25, 0.3) is 11.1 Å². The number of carbonyl (C=O) groups excluding carboxylic acids is 1. The van der Waals surface area contributed by atoms with Gasteiger partial charge in [-0.1, -0.05) is 36.4 Å². The number of hydrogen-bond donors (Lipinski definition) is 0. The molecule has 1 aliphatic carbocycles. The van der Waals surface area contributed by atoms with Crippen molar-refractivity contribution >= 4 is 5.78 Å². The number of rotatable bonds is 1. The zero-order chi connectivity index (χ0) is 13.2. The maximum absolute atomic E-state index is 11.5. The van der Waals surface area contributed by atoms with Gasteiger partial charge >= 0.3 is 0 Å². The van der Waals surface area contributed by atoms with Crippen LogP contribution in [0.15, 0.2) is 42.5 Å². The summed E-state index contributed by atoms with van der Waals surface area (Å²) in [4.78, 5) is 11.5. The number of fused-ring (bicyclic) bond motifs is 3. The van der Waals surface area contributed by atoms with E-state index in [1.165, 1.54) is 35.1 Å². The number of ketones is 1. The fourth-order valence-corrected chi connectivity index (χ4v) is 2.91. The molecule has 1 nitrogen and oxygen atoms in total. The first-order chi connectivity index (χ1) is 9.25. The second kappa shape index (κ2) is 5.00. The minimum Gasteiger partial charge on any atom is -0.295 e. The Morgan fingerprint density at radius 3 is 2.37 bits per heavy atom. The Balaban J connectivity index is 2.18. The fourth-order valence-electron chi connectivity index (χ4n) is 2.91. The molecular formula is C18H18O. The molecule has 0 unspecified atom stereocenters. The Hall–Kier alpha value is -1.89. The second-order valence-corrected chi connectivity index (χ2v) is 5.29. The summed E-state index contributed by atoms with van der Waals surface area (Å²) in [7, 11) is 0. The monoisotopic (exact) mass is 250 g/mol. The zero-order valence-electron chi connectivity index (χ0n) is 11.3. The predicted molar refractivity (Wildman–Crippen MR) is 78.5 cm³/mol. The fraction of sp³-hybridized carbons (Fsp3) is 0.278. The number of aryl methyl sites for hydroxylation is 2. The van der Waals surface area contributed by atoms with Crippen LogP contribution in [0.5, 0.6) is 0 Å². The van der Waals surface area contributed by atoms with Crippen molar-refractivity contribution < 1.29 is 4.79 Å². The first-order valence-electron chi connectivity index (χ1n) is 6.98. The Bertz CT molecular complexity index is 625. The summed E-state index contributed by atoms with van der Waals surface area (Å²) < 4.78 is 0. The lowest BCUT2D eigenvalue weighted by atomic mass is 9.87. The lowest BCUT2D eigenvalue weighted by Gasteiger charge is -2.18. The van der Waals surface area contributed by atoms with E-state index in [-0.39, 0.29) is 5.78 Å². The topological polar surface area (TPSA) is 17.1 Å². The number of benzene rings is 2. The van der Waals surface area contributed by atoms with Crippen LogP contribution in [-0.4, -0.2) is 5.78 Å². The Labute approximate surface area is 114 Å². The van der Waals surface area contributed by atoms with Crippen LogP contribution in [-0.2, 0) is 12.8 Å². The smallest absolute Gasteiger partial charge is 0.159 e. The molecule has 0 spiro atoms. The SMILES string of the molecule is CC(=O)c1ccc2c(c1)CCCCc1ccccc1-2. The predicted octanol–water partition coefficient (Wildman–Crippen LogP) is 4.44. The van der Waals surface area contributed by atoms with Crippen LogP contribution in [0.2, 0.25) is 0 Å². The molecule has 1 heteroatoms. The van der Waals surface area contributed by atoms with Crippen LogP contribution in [0.4, 0.5) is 0 Å². The summed E-state index contributed by atoms with van der Waals surface area (Å²) in [5, 5.41) is 0. The van der Waals surface area contributed by atoms with Gasteiger partial charge in [0.25, 0.3) is 0 Å². The highest BCUT2D eigenvalue weighted by Gasteiger charge is 2.13. The van der Waals surface area contributed by atoms with Gasteiger partial charge in [-0.25, -0.2) is 0 Å². The third-order valence-corrected chi connectivity index (χ3v) is 3.96. The number of carbonyl (C=O) groups is 1. The van der Waals surface area contributed by atoms with Gasteiger partial charge in [0, 0.05) is 5.56 Å². The van der Waals surface area contributed by atoms with Crippen LogP contribution >= 0.6 is 0 Å². The van der Waals surface area contributed by atoms with Crippen molar-refractivity contribution in [2.24, 2.45) is 0 Å². The third kappa shape index (κ3) is 2.33. The molecule has 2 aromatic rings. The minimum atomic E-state index is 0.151. The van der Waals surface area contributed by atoms with E-state index in [9.17, 15) is 4.79 Å². The molecule has 0 saturated heterocycles. The van der Waals surface area contributed by atoms with Gasteiger partial charge in [0.15, 0.2) is 5.78 Å². The molecule has 0 fully saturated rings. The normalized spacial score (nSPS) is 13.9. The average molecular weight is 250 g/mol. The summed E-state index contributed by atoms with van der Waals surface area (Å²) in [6.07, 6.45) is 4.65. The highest BCUT2D eigenvalue weighted by molar-refractivity contribution is 5.95. The molecule has 19 heavy (non-hydrogen) atoms. The van der Waals surface area contributed by atoms with E-state index in [1.54, 1.807) is 6.92 Å². The molecule has 0 radical (unpaired) electrons. The molecule has 0 amide bonds. The third-order valence-electron chi connectivity index (χ3n) is 3.96. The van der Waals surface area contributed by atoms with E-state index in [0.717, 1.165) is 18.4 Å². The molecule has 0 aliphatic heterocycles. The standard InChI is InChI=1S/C18H18O/c1-13(19)15-10-11-18-16(12-15)8-3-2-6-14-7-4-5-9-17(14)18/h4-5,7,9-12H,2-3,6,8H2,1H3. The molecule has 3 rings (SSSR count). The van der Waals surface area contributed by atoms with E-state index in [4.69, 9.17) is 0 Å². The lowest BCUT2D eigenvalue weighted by Crippen LogP contribution is -2.02. The summed E-state index contributed by atoms with van der Waals surface area (Å²) in [6, 6.07) is 14.8. The van der Waals surface area contributed by atoms with Crippen molar-refractivity contribution in [1.82, 2.24) is 0 Å². The molecule has 0 atom stereocenters. The maximum atomic E-state index is 11.5. The van der Waals surface area contributed by atoms with Gasteiger partial charge in [-0.3, -0.25) is 4.79 Å². The van der Waals surface area contributed by atoms with E-state index < -0.39 is 0 Å². The lowest BCUT2D eigenvalue weighted by molar-refractivity contribution is 0.101. The molecule has 0 aromatic heterocycles. The quantitative estimate of drug-likeness (QED) is 0.684. The van der Waals surface area contributed by atoms with Gasteiger partial charge in [-0.2, -0.15) is 0 Å². The zero-order valence-corrected chi connectivity index (χ0v) is 11.3. The molecule has 0 saturated carbocycles. The van der Waals surface area contributed by atoms with Crippen LogP contribution in [0, 0.1) is 0 Å². The maximum Gasteiger partial charge on any atom is 0.159 e. The van der Waals surface area contributed by atoms with Gasteiger partial charge in [-0.15, -0.1) is 0 Å². The van der Waals surface area contributed by atoms with Gasteiger partial charge in [-0.05, 0) is 60.9 Å². The average Bonchev–Trinajstić information content (AvgIpc) is 2.41. The van der Waals surface area contributed by atoms with Crippen molar-refractivity contribution in [2.75, 3.05) is 0 Å². The minimum absolute atomic E-state index is 0.151. The summed E-state index contributed by atoms with van der Waals surface area (Å²) >= 11 is 0. The van der Waals surface area contributed by atoms with E-state index in [0.29, 0.717) is 0 Å². The van der Waals surface area contributed by atoms with Crippen LogP contribution in [0.3, 0.4) is 0 Å². The Kier molecular flexibility index (Phi) is 3.20. The summed E-state index contributed by atoms with van der Waals surface area (Å²) in [5.41, 5.74) is 6.23. The van der Waals surface area contributed by atoms with E-state index >= 15 is 0 Å². The Morgan fingerprint density at radius 2 is 1.58 bits per heavy atom. The van der Waals surface area contributed by atoms with Crippen molar-refractivity contribution in [1.29, 1.82) is 0 Å². The van der Waals surface area contributed by atoms with Crippen molar-refractivity contribution in [3.8, 4) is 11.1 Å². The van der Waals surface area contributed by atoms with Gasteiger partial charge in [0.2, 0.25) is 0 Å². The van der Waals surface area contributed by atoms with Gasteiger partial charge in [0.1, 0.15) is 0 Å². The van der Waals surface area contributed by atoms with Crippen molar-refractivity contribution in [2.45, 2.75) is 32.6 Å². The second-order valence-electron chi connectivity index (χ2n) is 5.29. The van der Waals surface area contributed by atoms with E-state index in [1.807, 2.05) is 6.07 Å². The molecule has 1 aliphatic rings. The van der Waals surface area contributed by atoms with Crippen LogP contribution in [0.1, 0.15) is 41.3 Å².